The number of rotatable bonds is 8. The predicted octanol–water partition coefficient (Wildman–Crippen LogP) is 3.17. The van der Waals surface area contributed by atoms with Crippen molar-refractivity contribution in [1.82, 2.24) is 4.90 Å². The Morgan fingerprint density at radius 1 is 1.04 bits per heavy atom. The smallest absolute Gasteiger partial charge is 0.160 e. The highest BCUT2D eigenvalue weighted by Crippen LogP contribution is 2.27. The molecule has 4 heteroatoms. The van der Waals surface area contributed by atoms with Gasteiger partial charge in [-0.25, -0.2) is 0 Å². The van der Waals surface area contributed by atoms with Gasteiger partial charge in [-0.15, -0.1) is 0 Å². The molecule has 2 rings (SSSR count). The van der Waals surface area contributed by atoms with Gasteiger partial charge in [0.05, 0.1) is 13.2 Å². The Labute approximate surface area is 138 Å². The van der Waals surface area contributed by atoms with E-state index < -0.39 is 0 Å². The molecule has 0 aliphatic carbocycles. The molecule has 124 valence electrons. The third-order valence-corrected chi connectivity index (χ3v) is 3.84. The molecule has 0 bridgehead atoms. The van der Waals surface area contributed by atoms with Crippen LogP contribution in [-0.4, -0.2) is 34.9 Å². The highest BCUT2D eigenvalue weighted by Gasteiger charge is 2.13. The summed E-state index contributed by atoms with van der Waals surface area (Å²) in [7, 11) is 1.54. The molecule has 1 atom stereocenters. The minimum Gasteiger partial charge on any atom is -0.504 e. The van der Waals surface area contributed by atoms with Gasteiger partial charge in [0.25, 0.3) is 0 Å². The lowest BCUT2D eigenvalue weighted by Gasteiger charge is -2.25. The number of phenolic OH excluding ortho intramolecular Hbond substituents is 1. The maximum Gasteiger partial charge on any atom is 0.160 e. The highest BCUT2D eigenvalue weighted by molar-refractivity contribution is 5.41. The first-order valence-electron chi connectivity index (χ1n) is 7.92. The molecule has 1 unspecified atom stereocenters. The van der Waals surface area contributed by atoms with Crippen LogP contribution in [0.4, 0.5) is 0 Å². The Morgan fingerprint density at radius 2 is 1.74 bits per heavy atom. The number of nitrogens with zero attached hydrogens (tertiary/aromatic N) is 1. The molecule has 0 saturated heterocycles. The maximum absolute atomic E-state index is 10.0. The first kappa shape index (κ1) is 17.3. The van der Waals surface area contributed by atoms with Crippen LogP contribution in [0.25, 0.3) is 0 Å². The Balaban J connectivity index is 2.11. The molecular formula is C19H25NO3. The van der Waals surface area contributed by atoms with E-state index in [-0.39, 0.29) is 11.9 Å². The van der Waals surface area contributed by atoms with E-state index in [4.69, 9.17) is 4.74 Å². The van der Waals surface area contributed by atoms with Crippen LogP contribution in [0.5, 0.6) is 11.5 Å². The molecule has 0 fully saturated rings. The summed E-state index contributed by atoms with van der Waals surface area (Å²) < 4.78 is 5.08. The van der Waals surface area contributed by atoms with Crippen LogP contribution in [0, 0.1) is 0 Å². The fourth-order valence-corrected chi connectivity index (χ4v) is 2.55. The summed E-state index contributed by atoms with van der Waals surface area (Å²) in [5.74, 6) is 0.609. The van der Waals surface area contributed by atoms with Crippen LogP contribution in [0.3, 0.4) is 0 Å². The van der Waals surface area contributed by atoms with Gasteiger partial charge in [-0.05, 0) is 29.7 Å². The van der Waals surface area contributed by atoms with Crippen molar-refractivity contribution in [2.75, 3.05) is 13.7 Å². The summed E-state index contributed by atoms with van der Waals surface area (Å²) in [5.41, 5.74) is 2.19. The minimum absolute atomic E-state index is 0.140. The average molecular weight is 315 g/mol. The molecule has 0 aliphatic heterocycles. The van der Waals surface area contributed by atoms with Crippen LogP contribution in [0.1, 0.15) is 24.5 Å². The van der Waals surface area contributed by atoms with Crippen molar-refractivity contribution < 1.29 is 14.9 Å². The molecule has 0 heterocycles. The zero-order valence-corrected chi connectivity index (χ0v) is 13.8. The highest BCUT2D eigenvalue weighted by atomic mass is 16.5. The van der Waals surface area contributed by atoms with Crippen LogP contribution >= 0.6 is 0 Å². The molecule has 0 aliphatic rings. The number of hydrogen-bond donors (Lipinski definition) is 2. The number of methoxy groups -OCH3 is 1. The van der Waals surface area contributed by atoms with E-state index in [0.29, 0.717) is 18.8 Å². The summed E-state index contributed by atoms with van der Waals surface area (Å²) in [6.07, 6.45) is 0.365. The number of hydrogen-bond acceptors (Lipinski definition) is 4. The molecule has 0 spiro atoms. The van der Waals surface area contributed by atoms with E-state index in [1.807, 2.05) is 31.2 Å². The predicted molar refractivity (Wildman–Crippen MR) is 91.5 cm³/mol. The summed E-state index contributed by atoms with van der Waals surface area (Å²) in [6, 6.07) is 15.6. The third kappa shape index (κ3) is 5.27. The van der Waals surface area contributed by atoms with Gasteiger partial charge in [0.2, 0.25) is 0 Å². The van der Waals surface area contributed by atoms with Gasteiger partial charge in [0.1, 0.15) is 0 Å². The van der Waals surface area contributed by atoms with Crippen LogP contribution in [-0.2, 0) is 13.1 Å². The number of phenols is 1. The van der Waals surface area contributed by atoms with Gasteiger partial charge in [-0.3, -0.25) is 4.90 Å². The van der Waals surface area contributed by atoms with E-state index >= 15 is 0 Å². The van der Waals surface area contributed by atoms with Crippen LogP contribution in [0.2, 0.25) is 0 Å². The summed E-state index contributed by atoms with van der Waals surface area (Å²) in [6.45, 7) is 3.98. The third-order valence-electron chi connectivity index (χ3n) is 3.84. The lowest BCUT2D eigenvalue weighted by atomic mass is 10.1. The Bertz CT molecular complexity index is 601. The number of aliphatic hydroxyl groups is 1. The van der Waals surface area contributed by atoms with Gasteiger partial charge >= 0.3 is 0 Å². The second-order valence-electron chi connectivity index (χ2n) is 5.72. The molecule has 2 N–H and O–H groups in total. The first-order chi connectivity index (χ1) is 11.1. The van der Waals surface area contributed by atoms with Crippen molar-refractivity contribution >= 4 is 0 Å². The van der Waals surface area contributed by atoms with Crippen LogP contribution < -0.4 is 4.74 Å². The number of aliphatic hydroxyl groups excluding tert-OH is 1. The topological polar surface area (TPSA) is 52.9 Å². The van der Waals surface area contributed by atoms with Crippen molar-refractivity contribution in [3.05, 3.63) is 59.7 Å². The van der Waals surface area contributed by atoms with Gasteiger partial charge in [0.15, 0.2) is 11.5 Å². The molecule has 0 saturated carbocycles. The first-order valence-corrected chi connectivity index (χ1v) is 7.92. The van der Waals surface area contributed by atoms with Crippen LogP contribution in [0.15, 0.2) is 48.5 Å². The molecule has 0 amide bonds. The Morgan fingerprint density at radius 3 is 2.35 bits per heavy atom. The minimum atomic E-state index is -0.356. The molecule has 0 aromatic heterocycles. The molecule has 2 aromatic carbocycles. The lowest BCUT2D eigenvalue weighted by Crippen LogP contribution is -2.31. The van der Waals surface area contributed by atoms with E-state index in [2.05, 4.69) is 17.0 Å². The van der Waals surface area contributed by atoms with Crippen molar-refractivity contribution in [3.8, 4) is 11.5 Å². The quantitative estimate of drug-likeness (QED) is 0.785. The SMILES string of the molecule is CCC(O)CN(Cc1ccccc1)Cc1ccc(OC)c(O)c1. The van der Waals surface area contributed by atoms with Crippen molar-refractivity contribution in [3.63, 3.8) is 0 Å². The largest absolute Gasteiger partial charge is 0.504 e. The summed E-state index contributed by atoms with van der Waals surface area (Å²) >= 11 is 0. The Hall–Kier alpha value is -2.04. The van der Waals surface area contributed by atoms with Gasteiger partial charge < -0.3 is 14.9 Å². The summed E-state index contributed by atoms with van der Waals surface area (Å²) in [4.78, 5) is 2.19. The monoisotopic (exact) mass is 315 g/mol. The second kappa shape index (κ2) is 8.56. The molecule has 2 aromatic rings. The zero-order valence-electron chi connectivity index (χ0n) is 13.8. The number of aromatic hydroxyl groups is 1. The average Bonchev–Trinajstić information content (AvgIpc) is 2.55. The van der Waals surface area contributed by atoms with Gasteiger partial charge in [0, 0.05) is 19.6 Å². The van der Waals surface area contributed by atoms with Gasteiger partial charge in [-0.1, -0.05) is 43.3 Å². The maximum atomic E-state index is 10.0. The van der Waals surface area contributed by atoms with E-state index in [9.17, 15) is 10.2 Å². The molecule has 0 radical (unpaired) electrons. The molecular weight excluding hydrogens is 290 g/mol. The fraction of sp³-hybridized carbons (Fsp3) is 0.368. The standard InChI is InChI=1S/C19H25NO3/c1-3-17(21)14-20(12-15-7-5-4-6-8-15)13-16-9-10-19(23-2)18(22)11-16/h4-11,17,21-22H,3,12-14H2,1-2H3. The molecule has 4 nitrogen and oxygen atoms in total. The lowest BCUT2D eigenvalue weighted by molar-refractivity contribution is 0.101. The molecule has 23 heavy (non-hydrogen) atoms. The normalized spacial score (nSPS) is 12.3. The van der Waals surface area contributed by atoms with E-state index in [0.717, 1.165) is 18.5 Å². The zero-order chi connectivity index (χ0) is 16.7. The van der Waals surface area contributed by atoms with E-state index in [1.165, 1.54) is 12.7 Å². The van der Waals surface area contributed by atoms with E-state index in [1.54, 1.807) is 12.1 Å². The van der Waals surface area contributed by atoms with Crippen molar-refractivity contribution in [2.45, 2.75) is 32.5 Å². The number of benzene rings is 2. The Kier molecular flexibility index (Phi) is 6.44. The summed E-state index contributed by atoms with van der Waals surface area (Å²) in [5, 5.41) is 19.9. The van der Waals surface area contributed by atoms with Gasteiger partial charge in [-0.2, -0.15) is 0 Å². The fourth-order valence-electron chi connectivity index (χ4n) is 2.55. The van der Waals surface area contributed by atoms with Crippen molar-refractivity contribution in [1.29, 1.82) is 0 Å². The second-order valence-corrected chi connectivity index (χ2v) is 5.72. The number of ether oxygens (including phenoxy) is 1. The van der Waals surface area contributed by atoms with Crippen molar-refractivity contribution in [2.24, 2.45) is 0 Å².